The van der Waals surface area contributed by atoms with Crippen molar-refractivity contribution in [3.8, 4) is 0 Å². The average Bonchev–Trinajstić information content (AvgIpc) is 3.05. The van der Waals surface area contributed by atoms with Gasteiger partial charge in [0.2, 0.25) is 0 Å². The third kappa shape index (κ3) is 4.21. The molecule has 21 heavy (non-hydrogen) atoms. The molecular weight excluding hydrogens is 268 g/mol. The van der Waals surface area contributed by atoms with Crippen LogP contribution in [0, 0.1) is 11.3 Å². The SMILES string of the molecule is CC1(C)CC1CNC(=O)N(CCC(=O)O)c1ccccc1. The van der Waals surface area contributed by atoms with Crippen molar-refractivity contribution in [3.63, 3.8) is 0 Å². The highest BCUT2D eigenvalue weighted by Crippen LogP contribution is 2.50. The molecule has 5 heteroatoms. The van der Waals surface area contributed by atoms with Gasteiger partial charge in [0.15, 0.2) is 0 Å². The third-order valence-corrected chi connectivity index (χ3v) is 4.08. The zero-order valence-electron chi connectivity index (χ0n) is 12.5. The normalized spacial score (nSPS) is 18.9. The summed E-state index contributed by atoms with van der Waals surface area (Å²) in [4.78, 5) is 24.6. The monoisotopic (exact) mass is 290 g/mol. The summed E-state index contributed by atoms with van der Waals surface area (Å²) < 4.78 is 0. The molecule has 1 aliphatic rings. The molecule has 0 heterocycles. The van der Waals surface area contributed by atoms with Crippen LogP contribution in [0.15, 0.2) is 30.3 Å². The van der Waals surface area contributed by atoms with Crippen LogP contribution in [-0.2, 0) is 4.79 Å². The summed E-state index contributed by atoms with van der Waals surface area (Å²) in [6, 6.07) is 8.92. The van der Waals surface area contributed by atoms with Gasteiger partial charge in [-0.05, 0) is 29.9 Å². The highest BCUT2D eigenvalue weighted by molar-refractivity contribution is 5.92. The quantitative estimate of drug-likeness (QED) is 0.846. The second-order valence-electron chi connectivity index (χ2n) is 6.21. The highest BCUT2D eigenvalue weighted by Gasteiger charge is 2.45. The van der Waals surface area contributed by atoms with Crippen LogP contribution in [0.1, 0.15) is 26.7 Å². The van der Waals surface area contributed by atoms with E-state index in [1.165, 1.54) is 4.90 Å². The van der Waals surface area contributed by atoms with E-state index in [-0.39, 0.29) is 19.0 Å². The van der Waals surface area contributed by atoms with Crippen LogP contribution in [-0.4, -0.2) is 30.2 Å². The molecule has 2 amide bonds. The summed E-state index contributed by atoms with van der Waals surface area (Å²) in [5, 5.41) is 11.7. The van der Waals surface area contributed by atoms with Crippen LogP contribution in [0.4, 0.5) is 10.5 Å². The number of amides is 2. The van der Waals surface area contributed by atoms with Crippen molar-refractivity contribution in [2.75, 3.05) is 18.0 Å². The minimum absolute atomic E-state index is 0.0722. The number of nitrogens with one attached hydrogen (secondary N) is 1. The maximum atomic E-state index is 12.3. The molecule has 0 bridgehead atoms. The molecule has 2 rings (SSSR count). The van der Waals surface area contributed by atoms with Crippen molar-refractivity contribution in [1.82, 2.24) is 5.32 Å². The minimum atomic E-state index is -0.910. The topological polar surface area (TPSA) is 69.6 Å². The smallest absolute Gasteiger partial charge is 0.321 e. The van der Waals surface area contributed by atoms with E-state index in [9.17, 15) is 9.59 Å². The molecule has 0 radical (unpaired) electrons. The number of nitrogens with zero attached hydrogens (tertiary/aromatic N) is 1. The van der Waals surface area contributed by atoms with Gasteiger partial charge in [0.05, 0.1) is 6.42 Å². The molecule has 1 aromatic carbocycles. The Labute approximate surface area is 125 Å². The lowest BCUT2D eigenvalue weighted by Crippen LogP contribution is -2.42. The van der Waals surface area contributed by atoms with E-state index in [4.69, 9.17) is 5.11 Å². The number of anilines is 1. The van der Waals surface area contributed by atoms with Crippen molar-refractivity contribution >= 4 is 17.7 Å². The van der Waals surface area contributed by atoms with Crippen molar-refractivity contribution in [2.24, 2.45) is 11.3 Å². The minimum Gasteiger partial charge on any atom is -0.481 e. The number of para-hydroxylation sites is 1. The Hall–Kier alpha value is -2.04. The van der Waals surface area contributed by atoms with E-state index < -0.39 is 5.97 Å². The number of benzene rings is 1. The fourth-order valence-electron chi connectivity index (χ4n) is 2.39. The van der Waals surface area contributed by atoms with Crippen molar-refractivity contribution < 1.29 is 14.7 Å². The number of aliphatic carboxylic acids is 1. The number of carbonyl (C=O) groups is 2. The van der Waals surface area contributed by atoms with Crippen LogP contribution in [0.25, 0.3) is 0 Å². The molecule has 1 fully saturated rings. The van der Waals surface area contributed by atoms with E-state index in [1.54, 1.807) is 0 Å². The fraction of sp³-hybridized carbons (Fsp3) is 0.500. The number of carbonyl (C=O) groups excluding carboxylic acids is 1. The Morgan fingerprint density at radius 1 is 1.33 bits per heavy atom. The lowest BCUT2D eigenvalue weighted by atomic mass is 10.1. The van der Waals surface area contributed by atoms with Gasteiger partial charge < -0.3 is 10.4 Å². The standard InChI is InChI=1S/C16H22N2O3/c1-16(2)10-12(16)11-17-15(21)18(9-8-14(19)20)13-6-4-3-5-7-13/h3-7,12H,8-11H2,1-2H3,(H,17,21)(H,19,20). The molecule has 5 nitrogen and oxygen atoms in total. The summed E-state index contributed by atoms with van der Waals surface area (Å²) in [6.07, 6.45) is 1.05. The Morgan fingerprint density at radius 3 is 2.48 bits per heavy atom. The molecular formula is C16H22N2O3. The summed E-state index contributed by atoms with van der Waals surface area (Å²) >= 11 is 0. The predicted octanol–water partition coefficient (Wildman–Crippen LogP) is 2.72. The summed E-state index contributed by atoms with van der Waals surface area (Å²) in [5.41, 5.74) is 1.03. The maximum Gasteiger partial charge on any atom is 0.321 e. The van der Waals surface area contributed by atoms with Gasteiger partial charge in [-0.1, -0.05) is 32.0 Å². The number of rotatable bonds is 6. The van der Waals surface area contributed by atoms with E-state index in [1.807, 2.05) is 30.3 Å². The molecule has 1 atom stereocenters. The molecule has 2 N–H and O–H groups in total. The van der Waals surface area contributed by atoms with Crippen LogP contribution in [0.2, 0.25) is 0 Å². The van der Waals surface area contributed by atoms with E-state index >= 15 is 0 Å². The van der Waals surface area contributed by atoms with Gasteiger partial charge in [0.1, 0.15) is 0 Å². The number of hydrogen-bond donors (Lipinski definition) is 2. The number of hydrogen-bond acceptors (Lipinski definition) is 2. The van der Waals surface area contributed by atoms with Crippen molar-refractivity contribution in [3.05, 3.63) is 30.3 Å². The van der Waals surface area contributed by atoms with Crippen LogP contribution >= 0.6 is 0 Å². The first-order valence-electron chi connectivity index (χ1n) is 7.22. The van der Waals surface area contributed by atoms with Gasteiger partial charge in [-0.3, -0.25) is 9.69 Å². The molecule has 0 spiro atoms. The summed E-state index contributed by atoms with van der Waals surface area (Å²) in [5.74, 6) is -0.398. The second kappa shape index (κ2) is 6.16. The van der Waals surface area contributed by atoms with Gasteiger partial charge in [-0.25, -0.2) is 4.79 Å². The van der Waals surface area contributed by atoms with E-state index in [0.29, 0.717) is 23.6 Å². The zero-order chi connectivity index (χ0) is 15.5. The van der Waals surface area contributed by atoms with Crippen molar-refractivity contribution in [1.29, 1.82) is 0 Å². The largest absolute Gasteiger partial charge is 0.481 e. The Balaban J connectivity index is 1.97. The number of carboxylic acids is 1. The van der Waals surface area contributed by atoms with Gasteiger partial charge in [0, 0.05) is 18.8 Å². The van der Waals surface area contributed by atoms with E-state index in [0.717, 1.165) is 6.42 Å². The second-order valence-corrected chi connectivity index (χ2v) is 6.21. The summed E-state index contributed by atoms with van der Waals surface area (Å²) in [6.45, 7) is 5.17. The highest BCUT2D eigenvalue weighted by atomic mass is 16.4. The molecule has 1 aliphatic carbocycles. The average molecular weight is 290 g/mol. The predicted molar refractivity (Wildman–Crippen MR) is 81.3 cm³/mol. The molecule has 114 valence electrons. The lowest BCUT2D eigenvalue weighted by Gasteiger charge is -2.22. The molecule has 0 aromatic heterocycles. The molecule has 0 saturated heterocycles. The first-order valence-corrected chi connectivity index (χ1v) is 7.22. The first-order chi connectivity index (χ1) is 9.90. The number of urea groups is 1. The lowest BCUT2D eigenvalue weighted by molar-refractivity contribution is -0.136. The van der Waals surface area contributed by atoms with Crippen molar-refractivity contribution in [2.45, 2.75) is 26.7 Å². The fourth-order valence-corrected chi connectivity index (χ4v) is 2.39. The zero-order valence-corrected chi connectivity index (χ0v) is 12.5. The number of carboxylic acid groups (broad SMARTS) is 1. The Kier molecular flexibility index (Phi) is 4.50. The third-order valence-electron chi connectivity index (χ3n) is 4.08. The molecule has 0 aliphatic heterocycles. The molecule has 1 saturated carbocycles. The summed E-state index contributed by atoms with van der Waals surface area (Å²) in [7, 11) is 0. The molecule has 1 aromatic rings. The van der Waals surface area contributed by atoms with Crippen LogP contribution in [0.5, 0.6) is 0 Å². The maximum absolute atomic E-state index is 12.3. The van der Waals surface area contributed by atoms with E-state index in [2.05, 4.69) is 19.2 Å². The Morgan fingerprint density at radius 2 is 1.95 bits per heavy atom. The van der Waals surface area contributed by atoms with Gasteiger partial charge in [-0.15, -0.1) is 0 Å². The van der Waals surface area contributed by atoms with Crippen LogP contribution in [0.3, 0.4) is 0 Å². The Bertz CT molecular complexity index is 514. The molecule has 1 unspecified atom stereocenters. The first kappa shape index (κ1) is 15.4. The van der Waals surface area contributed by atoms with Crippen LogP contribution < -0.4 is 10.2 Å². The van der Waals surface area contributed by atoms with Gasteiger partial charge >= 0.3 is 12.0 Å². The van der Waals surface area contributed by atoms with Gasteiger partial charge in [-0.2, -0.15) is 0 Å². The van der Waals surface area contributed by atoms with Gasteiger partial charge in [0.25, 0.3) is 0 Å².